The molecule has 0 aliphatic carbocycles. The second-order valence-corrected chi connectivity index (χ2v) is 9.17. The van der Waals surface area contributed by atoms with Gasteiger partial charge in [0, 0.05) is 36.7 Å². The Morgan fingerprint density at radius 3 is 2.31 bits per heavy atom. The van der Waals surface area contributed by atoms with Gasteiger partial charge in [0.15, 0.2) is 5.69 Å². The van der Waals surface area contributed by atoms with Crippen LogP contribution in [-0.2, 0) is 16.2 Å². The Bertz CT molecular complexity index is 1140. The normalized spacial score (nSPS) is 16.5. The van der Waals surface area contributed by atoms with E-state index in [1.54, 1.807) is 17.0 Å². The lowest BCUT2D eigenvalue weighted by Gasteiger charge is -2.35. The minimum atomic E-state index is -4.63. The smallest absolute Gasteiger partial charge is 0.354 e. The maximum absolute atomic E-state index is 13.2. The Labute approximate surface area is 172 Å². The van der Waals surface area contributed by atoms with Gasteiger partial charge in [-0.15, -0.1) is 0 Å². The van der Waals surface area contributed by atoms with Gasteiger partial charge >= 0.3 is 6.18 Å². The summed E-state index contributed by atoms with van der Waals surface area (Å²) in [6, 6.07) is 7.19. The Hall–Kier alpha value is -2.25. The van der Waals surface area contributed by atoms with E-state index >= 15 is 0 Å². The number of anilines is 1. The summed E-state index contributed by atoms with van der Waals surface area (Å²) in [5.74, 6) is 0.000234. The summed E-state index contributed by atoms with van der Waals surface area (Å²) in [4.78, 5) is 9.05. The Balaban J connectivity index is 1.59. The average Bonchev–Trinajstić information content (AvgIpc) is 3.16. The van der Waals surface area contributed by atoms with Crippen molar-refractivity contribution in [3.05, 3.63) is 46.8 Å². The molecule has 1 saturated heterocycles. The van der Waals surface area contributed by atoms with Crippen LogP contribution in [0.3, 0.4) is 0 Å². The molecule has 4 rings (SSSR count). The van der Waals surface area contributed by atoms with E-state index in [-0.39, 0.29) is 42.7 Å². The number of hydrogen-bond acceptors (Lipinski definition) is 6. The van der Waals surface area contributed by atoms with Crippen molar-refractivity contribution in [3.8, 4) is 0 Å². The number of alkyl halides is 3. The molecule has 3 heterocycles. The molecule has 1 aliphatic rings. The molecule has 0 amide bonds. The molecule has 0 radical (unpaired) electrons. The van der Waals surface area contributed by atoms with Crippen molar-refractivity contribution in [2.24, 2.45) is 0 Å². The molecule has 1 aliphatic heterocycles. The van der Waals surface area contributed by atoms with Crippen LogP contribution in [0.5, 0.6) is 0 Å². The number of fused-ring (bicyclic) bond motifs is 1. The first-order valence-electron chi connectivity index (χ1n) is 8.45. The Kier molecular flexibility index (Phi) is 4.99. The third-order valence-electron chi connectivity index (χ3n) is 4.54. The van der Waals surface area contributed by atoms with E-state index in [0.717, 1.165) is 16.9 Å². The van der Waals surface area contributed by atoms with Gasteiger partial charge < -0.3 is 4.90 Å². The third kappa shape index (κ3) is 3.81. The topological polar surface area (TPSA) is 83.7 Å². The molecule has 0 atom stereocenters. The molecule has 0 N–H and O–H groups in total. The maximum Gasteiger partial charge on any atom is 0.433 e. The quantitative estimate of drug-likeness (QED) is 0.560. The standard InChI is InChI=1S/C16H14BrF3N6O2S/c17-11-1-3-12(4-2-11)29(27,28)25-7-5-24(6-8-25)14-9-13(16(18,19)20)23-15-21-10-22-26(14)15/h1-4,9-10H,5-8H2. The molecular weight excluding hydrogens is 477 g/mol. The van der Waals surface area contributed by atoms with Gasteiger partial charge in [-0.1, -0.05) is 15.9 Å². The molecule has 0 saturated carbocycles. The first-order chi connectivity index (χ1) is 13.7. The van der Waals surface area contributed by atoms with Crippen molar-refractivity contribution >= 4 is 37.5 Å². The van der Waals surface area contributed by atoms with Gasteiger partial charge in [0.1, 0.15) is 12.1 Å². The number of hydrogen-bond donors (Lipinski definition) is 0. The fourth-order valence-corrected chi connectivity index (χ4v) is 4.77. The number of halogens is 4. The van der Waals surface area contributed by atoms with Crippen LogP contribution in [-0.4, -0.2) is 58.5 Å². The molecule has 8 nitrogen and oxygen atoms in total. The van der Waals surface area contributed by atoms with Gasteiger partial charge in [-0.25, -0.2) is 13.4 Å². The molecule has 154 valence electrons. The van der Waals surface area contributed by atoms with Crippen LogP contribution in [0.1, 0.15) is 5.69 Å². The zero-order chi connectivity index (χ0) is 20.8. The summed E-state index contributed by atoms with van der Waals surface area (Å²) in [7, 11) is -3.69. The van der Waals surface area contributed by atoms with Gasteiger partial charge in [-0.2, -0.15) is 32.1 Å². The van der Waals surface area contributed by atoms with Crippen LogP contribution in [0.4, 0.5) is 19.0 Å². The zero-order valence-electron chi connectivity index (χ0n) is 14.7. The van der Waals surface area contributed by atoms with Gasteiger partial charge in [-0.3, -0.25) is 0 Å². The minimum Gasteiger partial charge on any atom is -0.354 e. The first-order valence-corrected chi connectivity index (χ1v) is 10.7. The van der Waals surface area contributed by atoms with E-state index in [0.29, 0.717) is 0 Å². The molecule has 0 spiro atoms. The van der Waals surface area contributed by atoms with E-state index in [1.165, 1.54) is 21.0 Å². The number of sulfonamides is 1. The van der Waals surface area contributed by atoms with Crippen LogP contribution in [0.2, 0.25) is 0 Å². The lowest BCUT2D eigenvalue weighted by atomic mass is 10.3. The summed E-state index contributed by atoms with van der Waals surface area (Å²) in [5.41, 5.74) is -1.07. The molecular formula is C16H14BrF3N6O2S. The largest absolute Gasteiger partial charge is 0.433 e. The molecule has 0 bridgehead atoms. The summed E-state index contributed by atoms with van der Waals surface area (Å²) in [6.45, 7) is 0.647. The van der Waals surface area contributed by atoms with E-state index in [4.69, 9.17) is 0 Å². The second kappa shape index (κ2) is 7.22. The van der Waals surface area contributed by atoms with Gasteiger partial charge in [0.2, 0.25) is 10.0 Å². The highest BCUT2D eigenvalue weighted by atomic mass is 79.9. The second-order valence-electron chi connectivity index (χ2n) is 6.31. The van der Waals surface area contributed by atoms with Crippen molar-refractivity contribution in [1.29, 1.82) is 0 Å². The van der Waals surface area contributed by atoms with E-state index in [2.05, 4.69) is 31.0 Å². The first kappa shape index (κ1) is 20.0. The van der Waals surface area contributed by atoms with E-state index in [9.17, 15) is 21.6 Å². The van der Waals surface area contributed by atoms with Crippen LogP contribution in [0.25, 0.3) is 5.78 Å². The van der Waals surface area contributed by atoms with Gasteiger partial charge in [-0.05, 0) is 24.3 Å². The maximum atomic E-state index is 13.2. The van der Waals surface area contributed by atoms with Crippen LogP contribution in [0, 0.1) is 0 Å². The monoisotopic (exact) mass is 490 g/mol. The molecule has 1 fully saturated rings. The summed E-state index contributed by atoms with van der Waals surface area (Å²) in [5, 5.41) is 3.94. The molecule has 2 aromatic heterocycles. The molecule has 0 unspecified atom stereocenters. The summed E-state index contributed by atoms with van der Waals surface area (Å²) in [6.07, 6.45) is -3.50. The third-order valence-corrected chi connectivity index (χ3v) is 6.98. The number of piperazine rings is 1. The van der Waals surface area contributed by atoms with Crippen molar-refractivity contribution in [1.82, 2.24) is 23.9 Å². The number of rotatable bonds is 3. The lowest BCUT2D eigenvalue weighted by Crippen LogP contribution is -2.49. The zero-order valence-corrected chi connectivity index (χ0v) is 17.1. The average molecular weight is 491 g/mol. The van der Waals surface area contributed by atoms with E-state index < -0.39 is 21.9 Å². The Morgan fingerprint density at radius 1 is 1.03 bits per heavy atom. The highest BCUT2D eigenvalue weighted by Crippen LogP contribution is 2.31. The lowest BCUT2D eigenvalue weighted by molar-refractivity contribution is -0.141. The summed E-state index contributed by atoms with van der Waals surface area (Å²) < 4.78 is 68.4. The van der Waals surface area contributed by atoms with Crippen molar-refractivity contribution in [2.45, 2.75) is 11.1 Å². The minimum absolute atomic E-state index is 0.123. The highest BCUT2D eigenvalue weighted by Gasteiger charge is 2.35. The number of nitrogens with zero attached hydrogens (tertiary/aromatic N) is 6. The van der Waals surface area contributed by atoms with Crippen LogP contribution >= 0.6 is 15.9 Å². The molecule has 3 aromatic rings. The fraction of sp³-hybridized carbons (Fsp3) is 0.312. The van der Waals surface area contributed by atoms with Crippen LogP contribution < -0.4 is 4.90 Å². The molecule has 1 aromatic carbocycles. The Morgan fingerprint density at radius 2 is 1.69 bits per heavy atom. The molecule has 29 heavy (non-hydrogen) atoms. The summed E-state index contributed by atoms with van der Waals surface area (Å²) >= 11 is 3.26. The van der Waals surface area contributed by atoms with E-state index in [1.807, 2.05) is 0 Å². The highest BCUT2D eigenvalue weighted by molar-refractivity contribution is 9.10. The predicted octanol–water partition coefficient (Wildman–Crippen LogP) is 2.42. The van der Waals surface area contributed by atoms with Crippen LogP contribution in [0.15, 0.2) is 46.0 Å². The predicted molar refractivity (Wildman–Crippen MR) is 101 cm³/mol. The molecule has 13 heteroatoms. The number of benzene rings is 1. The van der Waals surface area contributed by atoms with Gasteiger partial charge in [0.05, 0.1) is 4.90 Å². The number of aromatic nitrogens is 4. The van der Waals surface area contributed by atoms with Crippen molar-refractivity contribution in [2.75, 3.05) is 31.1 Å². The fourth-order valence-electron chi connectivity index (χ4n) is 3.08. The SMILES string of the molecule is O=S(=O)(c1ccc(Br)cc1)N1CCN(c2cc(C(F)(F)F)nc3ncnn23)CC1. The van der Waals surface area contributed by atoms with Crippen molar-refractivity contribution < 1.29 is 21.6 Å². The van der Waals surface area contributed by atoms with Gasteiger partial charge in [0.25, 0.3) is 5.78 Å². The van der Waals surface area contributed by atoms with Crippen molar-refractivity contribution in [3.63, 3.8) is 0 Å².